The molecule has 0 aliphatic rings. The molecule has 9 nitrogen and oxygen atoms in total. The highest BCUT2D eigenvalue weighted by Crippen LogP contribution is 2.26. The molecule has 0 aliphatic heterocycles. The zero-order valence-electron chi connectivity index (χ0n) is 22.7. The fraction of sp³-hybridized carbons (Fsp3) is 0.429. The average Bonchev–Trinajstić information content (AvgIpc) is 2.86. The SMILES string of the molecule is COc1ccc(NC(=O)C(c2ccc(C)cc2)N(CC#N)C(=O)C(CCSC)NC(=O)OC(C)(C)C)cc1. The summed E-state index contributed by atoms with van der Waals surface area (Å²) in [6.07, 6.45) is 1.44. The Kier molecular flexibility index (Phi) is 11.5. The number of amides is 3. The molecule has 2 aromatic carbocycles. The Balaban J connectivity index is 2.46. The Morgan fingerprint density at radius 3 is 2.24 bits per heavy atom. The molecule has 0 heterocycles. The van der Waals surface area contributed by atoms with Gasteiger partial charge in [-0.05, 0) is 76.0 Å². The van der Waals surface area contributed by atoms with Crippen LogP contribution in [0.2, 0.25) is 0 Å². The number of anilines is 1. The summed E-state index contributed by atoms with van der Waals surface area (Å²) >= 11 is 1.51. The van der Waals surface area contributed by atoms with Crippen molar-refractivity contribution < 1.29 is 23.9 Å². The number of rotatable bonds is 11. The second-order valence-corrected chi connectivity index (χ2v) is 10.6. The number of aryl methyl sites for hydroxylation is 1. The number of alkyl carbamates (subject to hydrolysis) is 1. The smallest absolute Gasteiger partial charge is 0.408 e. The molecule has 0 bridgehead atoms. The minimum Gasteiger partial charge on any atom is -0.497 e. The number of thioether (sulfide) groups is 1. The number of hydrogen-bond acceptors (Lipinski definition) is 7. The highest BCUT2D eigenvalue weighted by molar-refractivity contribution is 7.98. The number of nitrogens with zero attached hydrogens (tertiary/aromatic N) is 2. The van der Waals surface area contributed by atoms with Crippen LogP contribution in [0.3, 0.4) is 0 Å². The van der Waals surface area contributed by atoms with Gasteiger partial charge in [0.25, 0.3) is 5.91 Å². The number of carbonyl (C=O) groups is 3. The lowest BCUT2D eigenvalue weighted by Gasteiger charge is -2.33. The summed E-state index contributed by atoms with van der Waals surface area (Å²) in [5, 5.41) is 15.1. The van der Waals surface area contributed by atoms with Gasteiger partial charge in [0.2, 0.25) is 5.91 Å². The lowest BCUT2D eigenvalue weighted by molar-refractivity contribution is -0.140. The van der Waals surface area contributed by atoms with E-state index in [0.29, 0.717) is 29.2 Å². The first-order valence-electron chi connectivity index (χ1n) is 12.2. The molecule has 0 aliphatic carbocycles. The van der Waals surface area contributed by atoms with E-state index in [9.17, 15) is 19.6 Å². The molecule has 204 valence electrons. The van der Waals surface area contributed by atoms with E-state index in [2.05, 4.69) is 10.6 Å². The fourth-order valence-electron chi connectivity index (χ4n) is 3.62. The normalized spacial score (nSPS) is 12.4. The molecule has 3 amide bonds. The largest absolute Gasteiger partial charge is 0.497 e. The number of methoxy groups -OCH3 is 1. The molecule has 2 aromatic rings. The summed E-state index contributed by atoms with van der Waals surface area (Å²) in [7, 11) is 1.55. The van der Waals surface area contributed by atoms with Crippen LogP contribution in [0.4, 0.5) is 10.5 Å². The maximum absolute atomic E-state index is 13.9. The van der Waals surface area contributed by atoms with Gasteiger partial charge in [0, 0.05) is 5.69 Å². The highest BCUT2D eigenvalue weighted by atomic mass is 32.2. The maximum Gasteiger partial charge on any atom is 0.408 e. The molecular formula is C28H36N4O5S. The molecule has 0 saturated carbocycles. The van der Waals surface area contributed by atoms with Crippen molar-refractivity contribution in [3.63, 3.8) is 0 Å². The van der Waals surface area contributed by atoms with Crippen LogP contribution < -0.4 is 15.4 Å². The molecule has 2 rings (SSSR count). The van der Waals surface area contributed by atoms with Crippen LogP contribution in [0.1, 0.15) is 44.4 Å². The second-order valence-electron chi connectivity index (χ2n) is 9.64. The van der Waals surface area contributed by atoms with Crippen LogP contribution in [0.25, 0.3) is 0 Å². The topological polar surface area (TPSA) is 121 Å². The van der Waals surface area contributed by atoms with E-state index in [1.165, 1.54) is 16.7 Å². The number of ether oxygens (including phenoxy) is 2. The van der Waals surface area contributed by atoms with E-state index in [4.69, 9.17) is 9.47 Å². The minimum atomic E-state index is -1.12. The third-order valence-corrected chi connectivity index (χ3v) is 6.08. The van der Waals surface area contributed by atoms with Crippen molar-refractivity contribution in [1.29, 1.82) is 5.26 Å². The average molecular weight is 541 g/mol. The minimum absolute atomic E-state index is 0.294. The van der Waals surface area contributed by atoms with E-state index >= 15 is 0 Å². The predicted octanol–water partition coefficient (Wildman–Crippen LogP) is 4.68. The molecule has 0 aromatic heterocycles. The van der Waals surface area contributed by atoms with Crippen molar-refractivity contribution in [3.8, 4) is 11.8 Å². The Bertz CT molecular complexity index is 1120. The van der Waals surface area contributed by atoms with Gasteiger partial charge in [0.15, 0.2) is 0 Å². The second kappa shape index (κ2) is 14.3. The summed E-state index contributed by atoms with van der Waals surface area (Å²) in [4.78, 5) is 41.3. The Labute approximate surface area is 228 Å². The number of hydrogen-bond donors (Lipinski definition) is 2. The van der Waals surface area contributed by atoms with E-state index in [1.807, 2.05) is 31.4 Å². The molecule has 10 heteroatoms. The summed E-state index contributed by atoms with van der Waals surface area (Å²) in [5.41, 5.74) is 1.26. The van der Waals surface area contributed by atoms with Crippen LogP contribution in [0, 0.1) is 18.3 Å². The van der Waals surface area contributed by atoms with E-state index in [0.717, 1.165) is 5.56 Å². The summed E-state index contributed by atoms with van der Waals surface area (Å²) < 4.78 is 10.5. The van der Waals surface area contributed by atoms with Gasteiger partial charge in [-0.2, -0.15) is 17.0 Å². The quantitative estimate of drug-likeness (QED) is 0.397. The fourth-order valence-corrected chi connectivity index (χ4v) is 4.09. The van der Waals surface area contributed by atoms with Crippen molar-refractivity contribution in [3.05, 3.63) is 59.7 Å². The van der Waals surface area contributed by atoms with Crippen LogP contribution in [0.15, 0.2) is 48.5 Å². The van der Waals surface area contributed by atoms with Crippen LogP contribution >= 0.6 is 11.8 Å². The van der Waals surface area contributed by atoms with Gasteiger partial charge in [0.1, 0.15) is 30.0 Å². The number of carbonyl (C=O) groups excluding carboxylic acids is 3. The van der Waals surface area contributed by atoms with Crippen molar-refractivity contribution in [1.82, 2.24) is 10.2 Å². The van der Waals surface area contributed by atoms with Gasteiger partial charge in [-0.25, -0.2) is 4.79 Å². The Hall–Kier alpha value is -3.71. The van der Waals surface area contributed by atoms with E-state index in [1.54, 1.807) is 64.3 Å². The third kappa shape index (κ3) is 9.30. The molecule has 2 N–H and O–H groups in total. The van der Waals surface area contributed by atoms with Crippen molar-refractivity contribution >= 4 is 35.4 Å². The van der Waals surface area contributed by atoms with Gasteiger partial charge >= 0.3 is 6.09 Å². The van der Waals surface area contributed by atoms with Gasteiger partial charge in [-0.15, -0.1) is 0 Å². The van der Waals surface area contributed by atoms with Gasteiger partial charge in [0.05, 0.1) is 13.2 Å². The van der Waals surface area contributed by atoms with Gasteiger partial charge in [-0.1, -0.05) is 29.8 Å². The Morgan fingerprint density at radius 1 is 1.08 bits per heavy atom. The molecule has 0 fully saturated rings. The number of benzene rings is 2. The third-order valence-electron chi connectivity index (χ3n) is 5.43. The van der Waals surface area contributed by atoms with Crippen molar-refractivity contribution in [2.75, 3.05) is 31.0 Å². The highest BCUT2D eigenvalue weighted by Gasteiger charge is 2.36. The van der Waals surface area contributed by atoms with E-state index in [-0.39, 0.29) is 6.54 Å². The monoisotopic (exact) mass is 540 g/mol. The zero-order valence-corrected chi connectivity index (χ0v) is 23.6. The first kappa shape index (κ1) is 30.5. The number of nitriles is 1. The lowest BCUT2D eigenvalue weighted by Crippen LogP contribution is -2.52. The van der Waals surface area contributed by atoms with Crippen molar-refractivity contribution in [2.24, 2.45) is 0 Å². The molecule has 2 unspecified atom stereocenters. The first-order valence-corrected chi connectivity index (χ1v) is 13.6. The molecule has 0 saturated heterocycles. The van der Waals surface area contributed by atoms with Crippen molar-refractivity contribution in [2.45, 2.75) is 51.8 Å². The predicted molar refractivity (Wildman–Crippen MR) is 149 cm³/mol. The van der Waals surface area contributed by atoms with Gasteiger partial charge < -0.3 is 25.0 Å². The van der Waals surface area contributed by atoms with E-state index < -0.39 is 35.6 Å². The van der Waals surface area contributed by atoms with Crippen LogP contribution in [0.5, 0.6) is 5.75 Å². The summed E-state index contributed by atoms with van der Waals surface area (Å²) in [5.74, 6) is 0.148. The molecule has 38 heavy (non-hydrogen) atoms. The van der Waals surface area contributed by atoms with Crippen LogP contribution in [-0.4, -0.2) is 60.1 Å². The number of nitrogens with one attached hydrogen (secondary N) is 2. The Morgan fingerprint density at radius 2 is 1.71 bits per heavy atom. The zero-order chi connectivity index (χ0) is 28.3. The van der Waals surface area contributed by atoms with Gasteiger partial charge in [-0.3, -0.25) is 9.59 Å². The summed E-state index contributed by atoms with van der Waals surface area (Å²) in [6, 6.07) is 13.9. The van der Waals surface area contributed by atoms with Crippen LogP contribution in [-0.2, 0) is 14.3 Å². The first-order chi connectivity index (χ1) is 18.0. The lowest BCUT2D eigenvalue weighted by atomic mass is 10.0. The summed E-state index contributed by atoms with van der Waals surface area (Å²) in [6.45, 7) is 6.73. The molecule has 0 radical (unpaired) electrons. The molecular weight excluding hydrogens is 504 g/mol. The molecule has 2 atom stereocenters. The standard InChI is InChI=1S/C28H36N4O5S/c1-19-7-9-20(10-8-19)24(25(33)30-21-11-13-22(36-5)14-12-21)32(17-16-29)26(34)23(15-18-38-6)31-27(35)37-28(2,3)4/h7-14,23-24H,15,17-18H2,1-6H3,(H,30,33)(H,31,35). The maximum atomic E-state index is 13.9. The molecule has 0 spiro atoms.